The first-order chi connectivity index (χ1) is 10.8. The highest BCUT2D eigenvalue weighted by Crippen LogP contribution is 2.34. The standard InChI is InChI=1S/C14H18FN3O4S.ClH/c1-17(11-7-9-5-6-10(8-11)16-9)23(21,22)13-4-2-3-12(15)14(13)18(19)20;/h2-4,9-11,16H,5-8H2,1H3;1H. The molecule has 3 rings (SSSR count). The molecule has 24 heavy (non-hydrogen) atoms. The van der Waals surface area contributed by atoms with Gasteiger partial charge in [-0.15, -0.1) is 12.4 Å². The van der Waals surface area contributed by atoms with Gasteiger partial charge in [-0.1, -0.05) is 6.07 Å². The van der Waals surface area contributed by atoms with Gasteiger partial charge < -0.3 is 5.32 Å². The molecule has 1 aromatic rings. The summed E-state index contributed by atoms with van der Waals surface area (Å²) in [5.74, 6) is -1.14. The molecule has 0 radical (unpaired) electrons. The highest BCUT2D eigenvalue weighted by Gasteiger charge is 2.41. The largest absolute Gasteiger partial charge is 0.324 e. The highest BCUT2D eigenvalue weighted by atomic mass is 35.5. The van der Waals surface area contributed by atoms with Gasteiger partial charge in [0, 0.05) is 25.2 Å². The average molecular weight is 380 g/mol. The van der Waals surface area contributed by atoms with Crippen LogP contribution in [-0.4, -0.2) is 42.8 Å². The van der Waals surface area contributed by atoms with Crippen molar-refractivity contribution in [3.8, 4) is 0 Å². The van der Waals surface area contributed by atoms with Crippen LogP contribution in [0.3, 0.4) is 0 Å². The van der Waals surface area contributed by atoms with E-state index in [4.69, 9.17) is 0 Å². The second-order valence-corrected chi connectivity index (χ2v) is 8.09. The first-order valence-electron chi connectivity index (χ1n) is 7.47. The molecule has 0 spiro atoms. The molecule has 0 aromatic heterocycles. The summed E-state index contributed by atoms with van der Waals surface area (Å²) in [4.78, 5) is 9.50. The molecule has 2 fully saturated rings. The molecule has 2 atom stereocenters. The number of para-hydroxylation sites is 1. The number of nitrogens with zero attached hydrogens (tertiary/aromatic N) is 2. The molecule has 2 aliphatic rings. The number of benzene rings is 1. The van der Waals surface area contributed by atoms with Gasteiger partial charge in [-0.05, 0) is 37.8 Å². The smallest absolute Gasteiger partial charge is 0.311 e. The fourth-order valence-corrected chi connectivity index (χ4v) is 5.10. The predicted octanol–water partition coefficient (Wildman–Crippen LogP) is 2.06. The van der Waals surface area contributed by atoms with E-state index in [1.54, 1.807) is 0 Å². The lowest BCUT2D eigenvalue weighted by Crippen LogP contribution is -2.48. The van der Waals surface area contributed by atoms with E-state index in [9.17, 15) is 22.9 Å². The number of hydrogen-bond acceptors (Lipinski definition) is 5. The minimum Gasteiger partial charge on any atom is -0.311 e. The first-order valence-corrected chi connectivity index (χ1v) is 8.91. The summed E-state index contributed by atoms with van der Waals surface area (Å²) >= 11 is 0. The number of halogens is 2. The Kier molecular flexibility index (Phi) is 5.48. The van der Waals surface area contributed by atoms with E-state index in [0.29, 0.717) is 12.8 Å². The van der Waals surface area contributed by atoms with Crippen LogP contribution in [0.5, 0.6) is 0 Å². The van der Waals surface area contributed by atoms with Crippen molar-refractivity contribution in [2.24, 2.45) is 0 Å². The summed E-state index contributed by atoms with van der Waals surface area (Å²) in [7, 11) is -2.72. The van der Waals surface area contributed by atoms with Gasteiger partial charge in [0.05, 0.1) is 4.92 Å². The number of nitro benzene ring substituents is 1. The first kappa shape index (κ1) is 19.0. The zero-order valence-electron chi connectivity index (χ0n) is 13.0. The lowest BCUT2D eigenvalue weighted by molar-refractivity contribution is -0.390. The SMILES string of the molecule is CN(C1CC2CCC(C1)N2)S(=O)(=O)c1cccc(F)c1[N+](=O)[O-].Cl. The third kappa shape index (κ3) is 3.26. The molecular weight excluding hydrogens is 361 g/mol. The van der Waals surface area contributed by atoms with Crippen molar-refractivity contribution < 1.29 is 17.7 Å². The lowest BCUT2D eigenvalue weighted by Gasteiger charge is -2.34. The highest BCUT2D eigenvalue weighted by molar-refractivity contribution is 7.89. The van der Waals surface area contributed by atoms with E-state index in [-0.39, 0.29) is 30.5 Å². The van der Waals surface area contributed by atoms with Crippen molar-refractivity contribution in [2.45, 2.75) is 48.7 Å². The molecule has 7 nitrogen and oxygen atoms in total. The monoisotopic (exact) mass is 379 g/mol. The minimum atomic E-state index is -4.13. The van der Waals surface area contributed by atoms with Crippen molar-refractivity contribution in [3.05, 3.63) is 34.1 Å². The van der Waals surface area contributed by atoms with E-state index in [1.807, 2.05) is 0 Å². The summed E-state index contributed by atoms with van der Waals surface area (Å²) in [6, 6.07) is 3.47. The van der Waals surface area contributed by atoms with Crippen molar-refractivity contribution in [1.29, 1.82) is 0 Å². The van der Waals surface area contributed by atoms with E-state index < -0.39 is 31.3 Å². The second-order valence-electron chi connectivity index (χ2n) is 6.13. The Labute approximate surface area is 145 Å². The van der Waals surface area contributed by atoms with Crippen LogP contribution in [0.1, 0.15) is 25.7 Å². The Morgan fingerprint density at radius 1 is 1.29 bits per heavy atom. The van der Waals surface area contributed by atoms with Crippen LogP contribution in [0.25, 0.3) is 0 Å². The van der Waals surface area contributed by atoms with Crippen LogP contribution in [0.2, 0.25) is 0 Å². The summed E-state index contributed by atoms with van der Waals surface area (Å²) < 4.78 is 40.5. The molecule has 1 aromatic carbocycles. The van der Waals surface area contributed by atoms with Crippen LogP contribution in [0.4, 0.5) is 10.1 Å². The quantitative estimate of drug-likeness (QED) is 0.638. The third-order valence-corrected chi connectivity index (χ3v) is 6.69. The molecule has 2 aliphatic heterocycles. The van der Waals surface area contributed by atoms with Gasteiger partial charge in [0.1, 0.15) is 0 Å². The number of rotatable bonds is 4. The Bertz CT molecular complexity index is 734. The fourth-order valence-electron chi connectivity index (χ4n) is 3.56. The molecule has 0 aliphatic carbocycles. The molecule has 134 valence electrons. The van der Waals surface area contributed by atoms with Gasteiger partial charge in [0.2, 0.25) is 15.8 Å². The van der Waals surface area contributed by atoms with Crippen LogP contribution in [0, 0.1) is 15.9 Å². The maximum absolute atomic E-state index is 13.7. The van der Waals surface area contributed by atoms with E-state index in [1.165, 1.54) is 17.4 Å². The topological polar surface area (TPSA) is 92.6 Å². The van der Waals surface area contributed by atoms with Gasteiger partial charge in [0.25, 0.3) is 0 Å². The molecule has 0 amide bonds. The summed E-state index contributed by atoms with van der Waals surface area (Å²) in [6.45, 7) is 0. The lowest BCUT2D eigenvalue weighted by atomic mass is 10.0. The van der Waals surface area contributed by atoms with E-state index in [0.717, 1.165) is 25.0 Å². The molecule has 10 heteroatoms. The molecule has 2 bridgehead atoms. The normalized spacial score (nSPS) is 26.2. The number of nitrogens with one attached hydrogen (secondary N) is 1. The third-order valence-electron chi connectivity index (χ3n) is 4.75. The van der Waals surface area contributed by atoms with Gasteiger partial charge >= 0.3 is 5.69 Å². The van der Waals surface area contributed by atoms with Crippen LogP contribution < -0.4 is 5.32 Å². The zero-order valence-corrected chi connectivity index (χ0v) is 14.6. The van der Waals surface area contributed by atoms with Gasteiger partial charge in [-0.2, -0.15) is 8.70 Å². The Morgan fingerprint density at radius 2 is 1.88 bits per heavy atom. The fraction of sp³-hybridized carbons (Fsp3) is 0.571. The minimum absolute atomic E-state index is 0. The number of piperidine rings is 1. The Morgan fingerprint density at radius 3 is 2.42 bits per heavy atom. The number of sulfonamides is 1. The van der Waals surface area contributed by atoms with Crippen molar-refractivity contribution in [2.75, 3.05) is 7.05 Å². The molecule has 0 saturated carbocycles. The second kappa shape index (κ2) is 6.91. The Balaban J connectivity index is 0.00000208. The van der Waals surface area contributed by atoms with Crippen molar-refractivity contribution in [1.82, 2.24) is 9.62 Å². The molecule has 2 heterocycles. The van der Waals surface area contributed by atoms with Crippen LogP contribution in [-0.2, 0) is 10.0 Å². The van der Waals surface area contributed by atoms with Gasteiger partial charge in [-0.3, -0.25) is 10.1 Å². The Hall–Kier alpha value is -1.29. The van der Waals surface area contributed by atoms with Gasteiger partial charge in [0.15, 0.2) is 4.90 Å². The molecule has 1 N–H and O–H groups in total. The van der Waals surface area contributed by atoms with E-state index in [2.05, 4.69) is 5.32 Å². The maximum Gasteiger partial charge on any atom is 0.324 e. The van der Waals surface area contributed by atoms with E-state index >= 15 is 0 Å². The summed E-state index contributed by atoms with van der Waals surface area (Å²) in [5.41, 5.74) is -0.990. The van der Waals surface area contributed by atoms with Crippen molar-refractivity contribution >= 4 is 28.1 Å². The summed E-state index contributed by atoms with van der Waals surface area (Å²) in [6.07, 6.45) is 3.34. The maximum atomic E-state index is 13.7. The zero-order chi connectivity index (χ0) is 16.8. The van der Waals surface area contributed by atoms with Crippen LogP contribution >= 0.6 is 12.4 Å². The summed E-state index contributed by atoms with van der Waals surface area (Å²) in [5, 5.41) is 14.5. The number of nitro groups is 1. The van der Waals surface area contributed by atoms with Crippen molar-refractivity contribution in [3.63, 3.8) is 0 Å². The number of fused-ring (bicyclic) bond motifs is 2. The molecular formula is C14H19ClFN3O4S. The average Bonchev–Trinajstić information content (AvgIpc) is 2.84. The number of hydrogen-bond donors (Lipinski definition) is 1. The predicted molar refractivity (Wildman–Crippen MR) is 88.2 cm³/mol. The van der Waals surface area contributed by atoms with Gasteiger partial charge in [-0.25, -0.2) is 8.42 Å². The molecule has 2 saturated heterocycles. The molecule has 2 unspecified atom stereocenters. The van der Waals surface area contributed by atoms with Crippen LogP contribution in [0.15, 0.2) is 23.1 Å².